The lowest BCUT2D eigenvalue weighted by Gasteiger charge is -2.36. The Morgan fingerprint density at radius 1 is 1.32 bits per heavy atom. The number of nitrogens with zero attached hydrogens (tertiary/aromatic N) is 2. The lowest BCUT2D eigenvalue weighted by Crippen LogP contribution is -2.47. The van der Waals surface area contributed by atoms with Gasteiger partial charge in [0.2, 0.25) is 17.6 Å². The zero-order valence-corrected chi connectivity index (χ0v) is 14.8. The maximum absolute atomic E-state index is 11.9. The van der Waals surface area contributed by atoms with Crippen LogP contribution >= 0.6 is 0 Å². The number of carbonyl (C=O) groups is 1. The first-order valence-corrected chi connectivity index (χ1v) is 8.87. The molecule has 2 aromatic rings. The van der Waals surface area contributed by atoms with E-state index in [1.165, 1.54) is 5.56 Å². The molecule has 1 aliphatic carbocycles. The number of nitrogens with one attached hydrogen (secondary N) is 1. The third-order valence-electron chi connectivity index (χ3n) is 4.77. The van der Waals surface area contributed by atoms with Crippen LogP contribution < -0.4 is 5.32 Å². The molecule has 25 heavy (non-hydrogen) atoms. The van der Waals surface area contributed by atoms with Gasteiger partial charge < -0.3 is 14.9 Å². The summed E-state index contributed by atoms with van der Waals surface area (Å²) in [6.07, 6.45) is 3.20. The molecule has 134 valence electrons. The van der Waals surface area contributed by atoms with E-state index in [-0.39, 0.29) is 12.3 Å². The first-order valence-electron chi connectivity index (χ1n) is 8.87. The van der Waals surface area contributed by atoms with Gasteiger partial charge in [0.15, 0.2) is 0 Å². The molecule has 0 saturated heterocycles. The van der Waals surface area contributed by atoms with E-state index in [0.29, 0.717) is 30.6 Å². The minimum atomic E-state index is -0.699. The van der Waals surface area contributed by atoms with E-state index < -0.39 is 5.60 Å². The quantitative estimate of drug-likeness (QED) is 0.807. The van der Waals surface area contributed by atoms with Crippen LogP contribution in [0.15, 0.2) is 28.8 Å². The normalized spacial score (nSPS) is 15.8. The molecule has 0 bridgehead atoms. The van der Waals surface area contributed by atoms with E-state index >= 15 is 0 Å². The Bertz CT molecular complexity index is 718. The molecule has 0 unspecified atom stereocenters. The molecule has 1 fully saturated rings. The van der Waals surface area contributed by atoms with Crippen LogP contribution in [0.5, 0.6) is 0 Å². The molecule has 1 aliphatic rings. The van der Waals surface area contributed by atoms with Gasteiger partial charge in [-0.2, -0.15) is 4.98 Å². The van der Waals surface area contributed by atoms with Gasteiger partial charge in [-0.3, -0.25) is 4.79 Å². The summed E-state index contributed by atoms with van der Waals surface area (Å²) in [7, 11) is 0. The summed E-state index contributed by atoms with van der Waals surface area (Å²) in [6, 6.07) is 8.09. The monoisotopic (exact) mass is 343 g/mol. The van der Waals surface area contributed by atoms with Crippen molar-refractivity contribution in [2.75, 3.05) is 6.54 Å². The Morgan fingerprint density at radius 3 is 2.64 bits per heavy atom. The molecule has 1 heterocycles. The lowest BCUT2D eigenvalue weighted by molar-refractivity contribution is -0.123. The fraction of sp³-hybridized carbons (Fsp3) is 0.526. The number of hydrogen-bond donors (Lipinski definition) is 2. The van der Waals surface area contributed by atoms with Crippen LogP contribution in [-0.2, 0) is 11.2 Å². The SMILES string of the molecule is CC(C)c1ccc(-c2noc(CCC(=O)NCC3(O)CCC3)n2)cc1. The second-order valence-corrected chi connectivity index (χ2v) is 7.14. The van der Waals surface area contributed by atoms with Crippen molar-refractivity contribution < 1.29 is 14.4 Å². The van der Waals surface area contributed by atoms with Gasteiger partial charge >= 0.3 is 0 Å². The fourth-order valence-electron chi connectivity index (χ4n) is 2.82. The molecule has 1 aromatic carbocycles. The van der Waals surface area contributed by atoms with Crippen LogP contribution in [0.4, 0.5) is 0 Å². The van der Waals surface area contributed by atoms with Crippen molar-refractivity contribution in [3.8, 4) is 11.4 Å². The molecular weight excluding hydrogens is 318 g/mol. The van der Waals surface area contributed by atoms with Gasteiger partial charge in [-0.25, -0.2) is 0 Å². The molecule has 0 radical (unpaired) electrons. The predicted molar refractivity (Wildman–Crippen MR) is 94.0 cm³/mol. The van der Waals surface area contributed by atoms with Gasteiger partial charge in [-0.1, -0.05) is 43.3 Å². The minimum Gasteiger partial charge on any atom is -0.388 e. The van der Waals surface area contributed by atoms with Crippen LogP contribution in [0.2, 0.25) is 0 Å². The van der Waals surface area contributed by atoms with E-state index in [9.17, 15) is 9.90 Å². The summed E-state index contributed by atoms with van der Waals surface area (Å²) < 4.78 is 5.23. The van der Waals surface area contributed by atoms with Gasteiger partial charge in [0.1, 0.15) is 0 Å². The molecule has 1 saturated carbocycles. The highest BCUT2D eigenvalue weighted by atomic mass is 16.5. The second-order valence-electron chi connectivity index (χ2n) is 7.14. The average Bonchev–Trinajstić information content (AvgIpc) is 3.05. The van der Waals surface area contributed by atoms with Crippen LogP contribution in [0.3, 0.4) is 0 Å². The Labute approximate surface area is 147 Å². The maximum atomic E-state index is 11.9. The van der Waals surface area contributed by atoms with Crippen LogP contribution in [-0.4, -0.2) is 33.3 Å². The van der Waals surface area contributed by atoms with Gasteiger partial charge in [0.25, 0.3) is 0 Å². The first-order chi connectivity index (χ1) is 12.0. The van der Waals surface area contributed by atoms with Crippen LogP contribution in [0.25, 0.3) is 11.4 Å². The summed E-state index contributed by atoms with van der Waals surface area (Å²) in [6.45, 7) is 4.62. The van der Waals surface area contributed by atoms with E-state index in [0.717, 1.165) is 24.8 Å². The molecule has 1 amide bonds. The number of aryl methyl sites for hydroxylation is 1. The third kappa shape index (κ3) is 4.45. The number of aromatic nitrogens is 2. The van der Waals surface area contributed by atoms with Crippen LogP contribution in [0, 0.1) is 0 Å². The zero-order chi connectivity index (χ0) is 17.9. The Morgan fingerprint density at radius 2 is 2.04 bits per heavy atom. The number of rotatable bonds is 7. The molecule has 1 aromatic heterocycles. The standard InChI is InChI=1S/C19H25N3O3/c1-13(2)14-4-6-15(7-5-14)18-21-17(25-22-18)9-8-16(23)20-12-19(24)10-3-11-19/h4-7,13,24H,3,8-12H2,1-2H3,(H,20,23). The zero-order valence-electron chi connectivity index (χ0n) is 14.8. The van der Waals surface area contributed by atoms with Crippen molar-refractivity contribution in [2.24, 2.45) is 0 Å². The number of hydrogen-bond acceptors (Lipinski definition) is 5. The van der Waals surface area contributed by atoms with Crippen LogP contribution in [0.1, 0.15) is 56.9 Å². The molecular formula is C19H25N3O3. The Kier molecular flexibility index (Phi) is 5.18. The summed E-state index contributed by atoms with van der Waals surface area (Å²) in [5.41, 5.74) is 1.46. The maximum Gasteiger partial charge on any atom is 0.227 e. The average molecular weight is 343 g/mol. The smallest absolute Gasteiger partial charge is 0.227 e. The highest BCUT2D eigenvalue weighted by Crippen LogP contribution is 2.30. The summed E-state index contributed by atoms with van der Waals surface area (Å²) in [4.78, 5) is 16.2. The van der Waals surface area contributed by atoms with Crippen molar-refractivity contribution in [1.82, 2.24) is 15.5 Å². The van der Waals surface area contributed by atoms with E-state index in [1.807, 2.05) is 12.1 Å². The number of aliphatic hydroxyl groups is 1. The van der Waals surface area contributed by atoms with Crippen molar-refractivity contribution in [3.63, 3.8) is 0 Å². The highest BCUT2D eigenvalue weighted by Gasteiger charge is 2.34. The topological polar surface area (TPSA) is 88.2 Å². The second kappa shape index (κ2) is 7.35. The number of benzene rings is 1. The van der Waals surface area contributed by atoms with Gasteiger partial charge in [-0.05, 0) is 30.7 Å². The minimum absolute atomic E-state index is 0.110. The largest absolute Gasteiger partial charge is 0.388 e. The third-order valence-corrected chi connectivity index (χ3v) is 4.77. The number of carbonyl (C=O) groups excluding carboxylic acids is 1. The van der Waals surface area contributed by atoms with E-state index in [1.54, 1.807) is 0 Å². The molecule has 0 atom stereocenters. The molecule has 3 rings (SSSR count). The highest BCUT2D eigenvalue weighted by molar-refractivity contribution is 5.76. The molecule has 2 N–H and O–H groups in total. The van der Waals surface area contributed by atoms with E-state index in [4.69, 9.17) is 4.52 Å². The summed E-state index contributed by atoms with van der Waals surface area (Å²) >= 11 is 0. The lowest BCUT2D eigenvalue weighted by atomic mass is 9.80. The first kappa shape index (κ1) is 17.6. The fourth-order valence-corrected chi connectivity index (χ4v) is 2.82. The molecule has 6 nitrogen and oxygen atoms in total. The van der Waals surface area contributed by atoms with Crippen molar-refractivity contribution >= 4 is 5.91 Å². The van der Waals surface area contributed by atoms with Crippen molar-refractivity contribution in [1.29, 1.82) is 0 Å². The van der Waals surface area contributed by atoms with Crippen molar-refractivity contribution in [3.05, 3.63) is 35.7 Å². The number of amides is 1. The van der Waals surface area contributed by atoms with Crippen molar-refractivity contribution in [2.45, 2.75) is 57.5 Å². The Hall–Kier alpha value is -2.21. The summed E-state index contributed by atoms with van der Waals surface area (Å²) in [5, 5.41) is 16.7. The van der Waals surface area contributed by atoms with Gasteiger partial charge in [0, 0.05) is 24.9 Å². The van der Waals surface area contributed by atoms with E-state index in [2.05, 4.69) is 41.4 Å². The molecule has 0 aliphatic heterocycles. The van der Waals surface area contributed by atoms with Gasteiger partial charge in [0.05, 0.1) is 5.60 Å². The molecule has 6 heteroatoms. The van der Waals surface area contributed by atoms with Gasteiger partial charge in [-0.15, -0.1) is 0 Å². The predicted octanol–water partition coefficient (Wildman–Crippen LogP) is 2.82. The summed E-state index contributed by atoms with van der Waals surface area (Å²) in [5.74, 6) is 1.35. The Balaban J connectivity index is 1.50. The molecule has 0 spiro atoms.